The Morgan fingerprint density at radius 3 is 2.21 bits per heavy atom. The van der Waals surface area contributed by atoms with E-state index in [-0.39, 0.29) is 27.3 Å². The molecule has 0 spiro atoms. The summed E-state index contributed by atoms with van der Waals surface area (Å²) in [4.78, 5) is 17.6. The van der Waals surface area contributed by atoms with Crippen LogP contribution in [0.2, 0.25) is 10.0 Å². The molecule has 0 bridgehead atoms. The highest BCUT2D eigenvalue weighted by atomic mass is 35.5. The highest BCUT2D eigenvalue weighted by Crippen LogP contribution is 2.30. The van der Waals surface area contributed by atoms with Crippen LogP contribution in [0.5, 0.6) is 11.5 Å². The third-order valence-electron chi connectivity index (χ3n) is 5.10. The number of halogens is 2. The molecule has 33 heavy (non-hydrogen) atoms. The van der Waals surface area contributed by atoms with Gasteiger partial charge in [0.15, 0.2) is 5.78 Å². The summed E-state index contributed by atoms with van der Waals surface area (Å²) in [5.74, 6) is -0.203. The minimum absolute atomic E-state index is 0.0136. The predicted octanol–water partition coefficient (Wildman–Crippen LogP) is 6.53. The monoisotopic (exact) mass is 478 g/mol. The lowest BCUT2D eigenvalue weighted by atomic mass is 9.94. The Hall–Kier alpha value is -3.54. The van der Waals surface area contributed by atoms with Gasteiger partial charge in [0.2, 0.25) is 0 Å². The van der Waals surface area contributed by atoms with Crippen LogP contribution in [0.4, 0.5) is 11.4 Å². The molecule has 1 aliphatic carbocycles. The Morgan fingerprint density at radius 2 is 1.55 bits per heavy atom. The molecular weight excluding hydrogens is 459 g/mol. The first-order chi connectivity index (χ1) is 15.8. The average molecular weight is 479 g/mol. The van der Waals surface area contributed by atoms with E-state index in [0.29, 0.717) is 29.1 Å². The zero-order chi connectivity index (χ0) is 23.5. The van der Waals surface area contributed by atoms with Crippen molar-refractivity contribution in [3.8, 4) is 11.5 Å². The van der Waals surface area contributed by atoms with E-state index in [1.54, 1.807) is 30.3 Å². The summed E-state index contributed by atoms with van der Waals surface area (Å²) in [6.07, 6.45) is 3.56. The number of carbonyl (C=O) groups is 1. The second-order valence-electron chi connectivity index (χ2n) is 7.68. The fourth-order valence-electron chi connectivity index (χ4n) is 3.32. The van der Waals surface area contributed by atoms with Crippen molar-refractivity contribution < 1.29 is 15.0 Å². The van der Waals surface area contributed by atoms with E-state index in [9.17, 15) is 15.0 Å². The molecule has 1 aliphatic rings. The number of rotatable bonds is 5. The summed E-state index contributed by atoms with van der Waals surface area (Å²) < 4.78 is 0. The van der Waals surface area contributed by atoms with Crippen LogP contribution in [-0.2, 0) is 11.2 Å². The standard InChI is InChI=1S/C26H20Cl2N2O3/c1-15-2-5-18(6-3-15)29-23-14-26(33)17(10-16-4-8-24(31)20(27)11-16)12-22(23)30-19-7-9-25(32)21(28)13-19/h2-9,11-14,29,31-32H,10H2,1H3. The average Bonchev–Trinajstić information content (AvgIpc) is 2.78. The van der Waals surface area contributed by atoms with E-state index >= 15 is 0 Å². The number of anilines is 1. The molecule has 0 heterocycles. The van der Waals surface area contributed by atoms with Crippen molar-refractivity contribution in [3.63, 3.8) is 0 Å². The van der Waals surface area contributed by atoms with Gasteiger partial charge in [-0.15, -0.1) is 0 Å². The number of phenols is 2. The van der Waals surface area contributed by atoms with Gasteiger partial charge in [0.05, 0.1) is 27.1 Å². The van der Waals surface area contributed by atoms with Gasteiger partial charge >= 0.3 is 0 Å². The third kappa shape index (κ3) is 5.45. The summed E-state index contributed by atoms with van der Waals surface area (Å²) in [5.41, 5.74) is 4.86. The molecule has 0 aliphatic heterocycles. The maximum absolute atomic E-state index is 12.9. The highest BCUT2D eigenvalue weighted by molar-refractivity contribution is 6.32. The lowest BCUT2D eigenvalue weighted by Crippen LogP contribution is -2.19. The Bertz CT molecular complexity index is 1330. The van der Waals surface area contributed by atoms with Gasteiger partial charge in [-0.1, -0.05) is 47.0 Å². The molecule has 0 saturated carbocycles. The second kappa shape index (κ2) is 9.53. The largest absolute Gasteiger partial charge is 0.506 e. The molecule has 166 valence electrons. The van der Waals surface area contributed by atoms with Crippen molar-refractivity contribution in [2.45, 2.75) is 13.3 Å². The van der Waals surface area contributed by atoms with Gasteiger partial charge in [-0.05, 0) is 61.0 Å². The van der Waals surface area contributed by atoms with Crippen LogP contribution >= 0.6 is 23.2 Å². The highest BCUT2D eigenvalue weighted by Gasteiger charge is 2.20. The smallest absolute Gasteiger partial charge is 0.184 e. The summed E-state index contributed by atoms with van der Waals surface area (Å²) in [5, 5.41) is 23.0. The molecule has 5 nitrogen and oxygen atoms in total. The minimum atomic E-state index is -0.156. The van der Waals surface area contributed by atoms with Gasteiger partial charge in [-0.3, -0.25) is 4.79 Å². The van der Waals surface area contributed by atoms with Gasteiger partial charge in [-0.25, -0.2) is 4.99 Å². The molecule has 0 fully saturated rings. The topological polar surface area (TPSA) is 81.9 Å². The molecule has 7 heteroatoms. The number of carbonyl (C=O) groups excluding carboxylic acids is 1. The number of ketones is 1. The number of hydrogen-bond acceptors (Lipinski definition) is 5. The van der Waals surface area contributed by atoms with E-state index in [0.717, 1.165) is 16.8 Å². The van der Waals surface area contributed by atoms with Crippen LogP contribution in [0.15, 0.2) is 89.1 Å². The van der Waals surface area contributed by atoms with Crippen LogP contribution in [0.3, 0.4) is 0 Å². The van der Waals surface area contributed by atoms with Crippen molar-refractivity contribution in [1.82, 2.24) is 0 Å². The summed E-state index contributed by atoms with van der Waals surface area (Å²) in [6, 6.07) is 17.3. The molecule has 0 radical (unpaired) electrons. The van der Waals surface area contributed by atoms with Crippen LogP contribution < -0.4 is 5.32 Å². The SMILES string of the molecule is Cc1ccc(NC2=CC(=O)C(Cc3ccc(O)c(Cl)c3)=CC2=Nc2ccc(O)c(Cl)c2)cc1. The first kappa shape index (κ1) is 22.6. The van der Waals surface area contributed by atoms with Crippen LogP contribution in [-0.4, -0.2) is 21.7 Å². The lowest BCUT2D eigenvalue weighted by Gasteiger charge is -2.18. The van der Waals surface area contributed by atoms with Crippen molar-refractivity contribution >= 4 is 46.1 Å². The number of nitrogens with zero attached hydrogens (tertiary/aromatic N) is 1. The second-order valence-corrected chi connectivity index (χ2v) is 8.49. The van der Waals surface area contributed by atoms with Gasteiger partial charge in [0, 0.05) is 23.8 Å². The third-order valence-corrected chi connectivity index (χ3v) is 5.70. The molecule has 4 rings (SSSR count). The molecule has 3 aromatic carbocycles. The minimum Gasteiger partial charge on any atom is -0.506 e. The van der Waals surface area contributed by atoms with E-state index in [1.807, 2.05) is 31.2 Å². The zero-order valence-electron chi connectivity index (χ0n) is 17.6. The van der Waals surface area contributed by atoms with Crippen molar-refractivity contribution in [2.75, 3.05) is 5.32 Å². The zero-order valence-corrected chi connectivity index (χ0v) is 19.2. The molecule has 3 N–H and O–H groups in total. The van der Waals surface area contributed by atoms with Gasteiger partial charge in [0.1, 0.15) is 11.5 Å². The quantitative estimate of drug-likeness (QED) is 0.363. The van der Waals surface area contributed by atoms with Crippen molar-refractivity contribution in [2.24, 2.45) is 4.99 Å². The number of phenolic OH excluding ortho intramolecular Hbond substituents is 2. The maximum Gasteiger partial charge on any atom is 0.184 e. The van der Waals surface area contributed by atoms with Crippen LogP contribution in [0, 0.1) is 6.92 Å². The van der Waals surface area contributed by atoms with E-state index in [4.69, 9.17) is 23.2 Å². The molecule has 0 unspecified atom stereocenters. The Labute approximate surface area is 201 Å². The number of aryl methyl sites for hydroxylation is 1. The van der Waals surface area contributed by atoms with Gasteiger partial charge in [0.25, 0.3) is 0 Å². The molecule has 0 saturated heterocycles. The summed E-state index contributed by atoms with van der Waals surface area (Å²) in [6.45, 7) is 2.00. The van der Waals surface area contributed by atoms with E-state index in [2.05, 4.69) is 10.3 Å². The number of hydrogen-bond donors (Lipinski definition) is 3. The molecule has 3 aromatic rings. The first-order valence-electron chi connectivity index (χ1n) is 10.1. The Balaban J connectivity index is 1.71. The van der Waals surface area contributed by atoms with E-state index < -0.39 is 0 Å². The summed E-state index contributed by atoms with van der Waals surface area (Å²) >= 11 is 12.1. The number of allylic oxidation sites excluding steroid dienone is 3. The number of aliphatic imine (C=N–C) groups is 1. The fraction of sp³-hybridized carbons (Fsp3) is 0.0769. The van der Waals surface area contributed by atoms with E-state index in [1.165, 1.54) is 18.2 Å². The molecular formula is C26H20Cl2N2O3. The molecule has 0 amide bonds. The number of aromatic hydroxyl groups is 2. The predicted molar refractivity (Wildman–Crippen MR) is 133 cm³/mol. The van der Waals surface area contributed by atoms with Crippen molar-refractivity contribution in [3.05, 3.63) is 105 Å². The lowest BCUT2D eigenvalue weighted by molar-refractivity contribution is -0.111. The normalized spacial score (nSPS) is 14.8. The Kier molecular flexibility index (Phi) is 6.54. The van der Waals surface area contributed by atoms with Crippen molar-refractivity contribution in [1.29, 1.82) is 0 Å². The van der Waals surface area contributed by atoms with Gasteiger partial charge < -0.3 is 15.5 Å². The first-order valence-corrected chi connectivity index (χ1v) is 10.9. The van der Waals surface area contributed by atoms with Crippen LogP contribution in [0.25, 0.3) is 0 Å². The number of nitrogens with one attached hydrogen (secondary N) is 1. The molecule has 0 atom stereocenters. The Morgan fingerprint density at radius 1 is 0.879 bits per heavy atom. The summed E-state index contributed by atoms with van der Waals surface area (Å²) in [7, 11) is 0. The number of benzene rings is 3. The van der Waals surface area contributed by atoms with Gasteiger partial charge in [-0.2, -0.15) is 0 Å². The molecule has 0 aromatic heterocycles. The fourth-order valence-corrected chi connectivity index (χ4v) is 3.70. The maximum atomic E-state index is 12.9. The van der Waals surface area contributed by atoms with Crippen LogP contribution in [0.1, 0.15) is 11.1 Å².